The van der Waals surface area contributed by atoms with Gasteiger partial charge in [0.05, 0.1) is 23.8 Å². The first-order valence-electron chi connectivity index (χ1n) is 8.34. The van der Waals surface area contributed by atoms with Crippen molar-refractivity contribution in [3.63, 3.8) is 0 Å². The number of rotatable bonds is 7. The largest absolute Gasteiger partial charge is 0.478 e. The highest BCUT2D eigenvalue weighted by atomic mass is 16.5. The lowest BCUT2D eigenvalue weighted by molar-refractivity contribution is 0.273. The van der Waals surface area contributed by atoms with Gasteiger partial charge in [-0.05, 0) is 44.3 Å². The van der Waals surface area contributed by atoms with Crippen LogP contribution in [0.5, 0.6) is 5.88 Å². The molecule has 0 spiro atoms. The molecule has 25 heavy (non-hydrogen) atoms. The van der Waals surface area contributed by atoms with E-state index in [-0.39, 0.29) is 0 Å². The number of fused-ring (bicyclic) bond motifs is 1. The van der Waals surface area contributed by atoms with Crippen LogP contribution in [-0.4, -0.2) is 54.1 Å². The third kappa shape index (κ3) is 4.42. The molecule has 0 amide bonds. The second-order valence-electron chi connectivity index (χ2n) is 6.10. The van der Waals surface area contributed by atoms with Gasteiger partial charge in [0.25, 0.3) is 0 Å². The van der Waals surface area contributed by atoms with E-state index in [1.807, 2.05) is 43.6 Å². The molecule has 0 fully saturated rings. The van der Waals surface area contributed by atoms with Crippen LogP contribution in [0.25, 0.3) is 22.2 Å². The van der Waals surface area contributed by atoms with Crippen molar-refractivity contribution in [1.29, 1.82) is 0 Å². The lowest BCUT2D eigenvalue weighted by atomic mass is 10.1. The molecule has 6 heteroatoms. The van der Waals surface area contributed by atoms with Gasteiger partial charge in [-0.2, -0.15) is 0 Å². The summed E-state index contributed by atoms with van der Waals surface area (Å²) in [5.74, 6) is 1.41. The molecule has 0 saturated heterocycles. The van der Waals surface area contributed by atoms with Gasteiger partial charge in [0.15, 0.2) is 0 Å². The Hall–Kier alpha value is -2.73. The van der Waals surface area contributed by atoms with Crippen LogP contribution < -0.4 is 10.1 Å². The lowest BCUT2D eigenvalue weighted by Crippen LogP contribution is -2.15. The molecule has 1 aromatic carbocycles. The van der Waals surface area contributed by atoms with E-state index in [1.54, 1.807) is 6.20 Å². The Bertz CT molecular complexity index is 833. The Morgan fingerprint density at radius 2 is 1.84 bits per heavy atom. The molecule has 0 unspecified atom stereocenters. The maximum atomic E-state index is 5.68. The van der Waals surface area contributed by atoms with Crippen molar-refractivity contribution in [2.45, 2.75) is 6.42 Å². The van der Waals surface area contributed by atoms with Gasteiger partial charge < -0.3 is 15.0 Å². The minimum Gasteiger partial charge on any atom is -0.478 e. The van der Waals surface area contributed by atoms with Gasteiger partial charge >= 0.3 is 0 Å². The first-order chi connectivity index (χ1) is 12.2. The molecule has 1 N–H and O–H groups in total. The van der Waals surface area contributed by atoms with Crippen molar-refractivity contribution >= 4 is 16.9 Å². The van der Waals surface area contributed by atoms with E-state index in [2.05, 4.69) is 39.3 Å². The van der Waals surface area contributed by atoms with Gasteiger partial charge in [-0.1, -0.05) is 6.07 Å². The number of nitrogens with one attached hydrogen (secondary N) is 1. The maximum Gasteiger partial charge on any atom is 0.213 e. The van der Waals surface area contributed by atoms with Gasteiger partial charge in [-0.15, -0.1) is 0 Å². The molecule has 0 atom stereocenters. The van der Waals surface area contributed by atoms with Crippen LogP contribution in [0.2, 0.25) is 0 Å². The number of hydrogen-bond donors (Lipinski definition) is 1. The normalized spacial score (nSPS) is 11.0. The van der Waals surface area contributed by atoms with Gasteiger partial charge in [-0.3, -0.25) is 4.98 Å². The van der Waals surface area contributed by atoms with Gasteiger partial charge in [-0.25, -0.2) is 9.97 Å². The Morgan fingerprint density at radius 3 is 2.56 bits per heavy atom. The van der Waals surface area contributed by atoms with Gasteiger partial charge in [0.2, 0.25) is 5.88 Å². The summed E-state index contributed by atoms with van der Waals surface area (Å²) in [5, 5.41) is 3.01. The number of ether oxygens (including phenoxy) is 1. The Kier molecular flexibility index (Phi) is 5.40. The number of anilines is 1. The lowest BCUT2D eigenvalue weighted by Gasteiger charge is -2.10. The molecule has 0 aliphatic carbocycles. The summed E-state index contributed by atoms with van der Waals surface area (Å²) in [6, 6.07) is 9.96. The van der Waals surface area contributed by atoms with Crippen molar-refractivity contribution in [3.05, 3.63) is 42.7 Å². The number of hydrogen-bond acceptors (Lipinski definition) is 6. The highest BCUT2D eigenvalue weighted by Crippen LogP contribution is 2.24. The standard InChI is InChI=1S/C19H23N5O/c1-20-18-13-21-16-7-5-14(11-17(16)23-18)15-6-8-19(22-12-15)25-10-4-9-24(2)3/h5-8,11-13H,4,9-10H2,1-3H3,(H,20,23). The molecule has 0 saturated carbocycles. The Balaban J connectivity index is 1.72. The third-order valence-electron chi connectivity index (χ3n) is 3.87. The van der Waals surface area contributed by atoms with Crippen molar-refractivity contribution in [3.8, 4) is 17.0 Å². The number of benzene rings is 1. The topological polar surface area (TPSA) is 63.2 Å². The molecule has 2 heterocycles. The fourth-order valence-corrected chi connectivity index (χ4v) is 2.51. The molecule has 0 aliphatic rings. The van der Waals surface area contributed by atoms with Crippen LogP contribution in [0.3, 0.4) is 0 Å². The predicted octanol–water partition coefficient (Wildman–Crippen LogP) is 3.06. The van der Waals surface area contributed by atoms with Crippen molar-refractivity contribution < 1.29 is 4.74 Å². The molecule has 130 valence electrons. The van der Waals surface area contributed by atoms with Gasteiger partial charge in [0.1, 0.15) is 5.82 Å². The fourth-order valence-electron chi connectivity index (χ4n) is 2.51. The zero-order valence-electron chi connectivity index (χ0n) is 14.9. The number of nitrogens with zero attached hydrogens (tertiary/aromatic N) is 4. The SMILES string of the molecule is CNc1cnc2ccc(-c3ccc(OCCCN(C)C)nc3)cc2n1. The first kappa shape index (κ1) is 17.1. The van der Waals surface area contributed by atoms with Crippen LogP contribution in [0.1, 0.15) is 6.42 Å². The van der Waals surface area contributed by atoms with Crippen LogP contribution in [0, 0.1) is 0 Å². The van der Waals surface area contributed by atoms with Crippen LogP contribution in [0.15, 0.2) is 42.7 Å². The minimum atomic E-state index is 0.653. The molecular formula is C19H23N5O. The molecule has 3 rings (SSSR count). The molecule has 0 aliphatic heterocycles. The van der Waals surface area contributed by atoms with E-state index in [0.717, 1.165) is 40.9 Å². The number of pyridine rings is 1. The summed E-state index contributed by atoms with van der Waals surface area (Å²) in [5.41, 5.74) is 3.81. The van der Waals surface area contributed by atoms with E-state index in [4.69, 9.17) is 4.74 Å². The van der Waals surface area contributed by atoms with Crippen molar-refractivity contribution in [2.75, 3.05) is 39.6 Å². The average Bonchev–Trinajstić information content (AvgIpc) is 2.64. The molecule has 3 aromatic rings. The van der Waals surface area contributed by atoms with Crippen LogP contribution >= 0.6 is 0 Å². The number of aromatic nitrogens is 3. The van der Waals surface area contributed by atoms with E-state index < -0.39 is 0 Å². The summed E-state index contributed by atoms with van der Waals surface area (Å²) < 4.78 is 5.68. The van der Waals surface area contributed by atoms with Crippen molar-refractivity contribution in [2.24, 2.45) is 0 Å². The second kappa shape index (κ2) is 7.90. The molecule has 6 nitrogen and oxygen atoms in total. The van der Waals surface area contributed by atoms with Crippen LogP contribution in [-0.2, 0) is 0 Å². The predicted molar refractivity (Wildman–Crippen MR) is 101 cm³/mol. The Labute approximate surface area is 147 Å². The fraction of sp³-hybridized carbons (Fsp3) is 0.316. The molecule has 0 bridgehead atoms. The van der Waals surface area contributed by atoms with Crippen LogP contribution in [0.4, 0.5) is 5.82 Å². The molecule has 2 aromatic heterocycles. The summed E-state index contributed by atoms with van der Waals surface area (Å²) in [6.07, 6.45) is 4.54. The monoisotopic (exact) mass is 337 g/mol. The summed E-state index contributed by atoms with van der Waals surface area (Å²) in [6.45, 7) is 1.67. The maximum absolute atomic E-state index is 5.68. The first-order valence-corrected chi connectivity index (χ1v) is 8.34. The van der Waals surface area contributed by atoms with E-state index in [9.17, 15) is 0 Å². The summed E-state index contributed by atoms with van der Waals surface area (Å²) >= 11 is 0. The highest BCUT2D eigenvalue weighted by Gasteiger charge is 2.04. The zero-order valence-corrected chi connectivity index (χ0v) is 14.9. The Morgan fingerprint density at radius 1 is 1.00 bits per heavy atom. The second-order valence-corrected chi connectivity index (χ2v) is 6.10. The zero-order chi connectivity index (χ0) is 17.6. The summed E-state index contributed by atoms with van der Waals surface area (Å²) in [4.78, 5) is 15.5. The third-order valence-corrected chi connectivity index (χ3v) is 3.87. The van der Waals surface area contributed by atoms with Gasteiger partial charge in [0, 0.05) is 31.4 Å². The molecular weight excluding hydrogens is 314 g/mol. The van der Waals surface area contributed by atoms with E-state index in [0.29, 0.717) is 12.5 Å². The minimum absolute atomic E-state index is 0.653. The quantitative estimate of drug-likeness (QED) is 0.669. The highest BCUT2D eigenvalue weighted by molar-refractivity contribution is 5.82. The van der Waals surface area contributed by atoms with Crippen molar-refractivity contribution in [1.82, 2.24) is 19.9 Å². The summed E-state index contributed by atoms with van der Waals surface area (Å²) in [7, 11) is 5.95. The van der Waals surface area contributed by atoms with E-state index >= 15 is 0 Å². The van der Waals surface area contributed by atoms with E-state index in [1.165, 1.54) is 0 Å². The smallest absolute Gasteiger partial charge is 0.213 e. The molecule has 0 radical (unpaired) electrons. The average molecular weight is 337 g/mol.